The SMILES string of the molecule is CCCc1ccc(COCC(=O)NN(C)C)cc1. The number of nitrogens with zero attached hydrogens (tertiary/aromatic N) is 1. The first-order chi connectivity index (χ1) is 8.61. The van der Waals surface area contributed by atoms with E-state index in [9.17, 15) is 4.79 Å². The third-order valence-corrected chi connectivity index (χ3v) is 2.41. The minimum absolute atomic E-state index is 0.0783. The molecule has 18 heavy (non-hydrogen) atoms. The molecule has 0 saturated heterocycles. The van der Waals surface area contributed by atoms with Crippen molar-refractivity contribution in [2.24, 2.45) is 0 Å². The summed E-state index contributed by atoms with van der Waals surface area (Å²) in [5.74, 6) is -0.136. The van der Waals surface area contributed by atoms with Crippen LogP contribution in [0.2, 0.25) is 0 Å². The molecule has 0 fully saturated rings. The van der Waals surface area contributed by atoms with Gasteiger partial charge in [0, 0.05) is 14.1 Å². The van der Waals surface area contributed by atoms with Crippen molar-refractivity contribution in [2.45, 2.75) is 26.4 Å². The van der Waals surface area contributed by atoms with Crippen LogP contribution >= 0.6 is 0 Å². The van der Waals surface area contributed by atoms with Gasteiger partial charge in [-0.05, 0) is 17.5 Å². The van der Waals surface area contributed by atoms with Crippen LogP contribution in [0.3, 0.4) is 0 Å². The highest BCUT2D eigenvalue weighted by Crippen LogP contribution is 2.07. The number of amides is 1. The molecule has 1 N–H and O–H groups in total. The predicted octanol–water partition coefficient (Wildman–Crippen LogP) is 1.75. The van der Waals surface area contributed by atoms with E-state index >= 15 is 0 Å². The number of hydrazine groups is 1. The van der Waals surface area contributed by atoms with Crippen LogP contribution in [-0.4, -0.2) is 31.6 Å². The highest BCUT2D eigenvalue weighted by Gasteiger charge is 2.02. The van der Waals surface area contributed by atoms with Gasteiger partial charge in [-0.25, -0.2) is 5.01 Å². The molecule has 4 heteroatoms. The fraction of sp³-hybridized carbons (Fsp3) is 0.500. The van der Waals surface area contributed by atoms with Gasteiger partial charge in [-0.2, -0.15) is 0 Å². The summed E-state index contributed by atoms with van der Waals surface area (Å²) >= 11 is 0. The lowest BCUT2D eigenvalue weighted by atomic mass is 10.1. The van der Waals surface area contributed by atoms with E-state index in [-0.39, 0.29) is 12.5 Å². The van der Waals surface area contributed by atoms with E-state index < -0.39 is 0 Å². The first-order valence-corrected chi connectivity index (χ1v) is 6.24. The minimum atomic E-state index is -0.136. The van der Waals surface area contributed by atoms with E-state index in [1.807, 2.05) is 0 Å². The number of aryl methyl sites for hydroxylation is 1. The second kappa shape index (κ2) is 7.84. The van der Waals surface area contributed by atoms with Gasteiger partial charge >= 0.3 is 0 Å². The molecule has 0 aliphatic rings. The van der Waals surface area contributed by atoms with Crippen molar-refractivity contribution >= 4 is 5.91 Å². The molecule has 0 bridgehead atoms. The van der Waals surface area contributed by atoms with Crippen LogP contribution in [-0.2, 0) is 22.6 Å². The minimum Gasteiger partial charge on any atom is -0.367 e. The standard InChI is InChI=1S/C14H22N2O2/c1-4-5-12-6-8-13(9-7-12)10-18-11-14(17)15-16(2)3/h6-9H,4-5,10-11H2,1-3H3,(H,15,17). The Morgan fingerprint density at radius 1 is 1.22 bits per heavy atom. The summed E-state index contributed by atoms with van der Waals surface area (Å²) in [4.78, 5) is 11.3. The molecule has 0 saturated carbocycles. The fourth-order valence-electron chi connectivity index (χ4n) is 1.63. The summed E-state index contributed by atoms with van der Waals surface area (Å²) in [6.07, 6.45) is 2.26. The van der Waals surface area contributed by atoms with Crippen LogP contribution in [0.1, 0.15) is 24.5 Å². The second-order valence-corrected chi connectivity index (χ2v) is 4.49. The lowest BCUT2D eigenvalue weighted by molar-refractivity contribution is -0.129. The van der Waals surface area contributed by atoms with Crippen molar-refractivity contribution in [3.63, 3.8) is 0 Å². The van der Waals surface area contributed by atoms with Gasteiger partial charge in [-0.3, -0.25) is 10.2 Å². The summed E-state index contributed by atoms with van der Waals surface area (Å²) in [6, 6.07) is 8.33. The zero-order valence-corrected chi connectivity index (χ0v) is 11.4. The van der Waals surface area contributed by atoms with Gasteiger partial charge < -0.3 is 4.74 Å². The van der Waals surface area contributed by atoms with Crippen LogP contribution in [0.5, 0.6) is 0 Å². The van der Waals surface area contributed by atoms with Gasteiger partial charge in [0.2, 0.25) is 0 Å². The Hall–Kier alpha value is -1.39. The largest absolute Gasteiger partial charge is 0.367 e. The van der Waals surface area contributed by atoms with Crippen molar-refractivity contribution in [1.82, 2.24) is 10.4 Å². The molecule has 0 aliphatic heterocycles. The average Bonchev–Trinajstić information content (AvgIpc) is 2.31. The average molecular weight is 250 g/mol. The molecule has 0 atom stereocenters. The molecule has 1 aromatic rings. The van der Waals surface area contributed by atoms with Crippen LogP contribution in [0.15, 0.2) is 24.3 Å². The summed E-state index contributed by atoms with van der Waals surface area (Å²) in [7, 11) is 3.54. The number of rotatable bonds is 7. The van der Waals surface area contributed by atoms with Crippen molar-refractivity contribution in [2.75, 3.05) is 20.7 Å². The lowest BCUT2D eigenvalue weighted by Crippen LogP contribution is -2.38. The number of hydrogen-bond acceptors (Lipinski definition) is 3. The topological polar surface area (TPSA) is 41.6 Å². The van der Waals surface area contributed by atoms with Crippen molar-refractivity contribution in [3.8, 4) is 0 Å². The molecular formula is C14H22N2O2. The van der Waals surface area contributed by atoms with E-state index in [1.54, 1.807) is 19.1 Å². The highest BCUT2D eigenvalue weighted by atomic mass is 16.5. The first kappa shape index (κ1) is 14.7. The quantitative estimate of drug-likeness (QED) is 0.750. The number of carbonyl (C=O) groups excluding carboxylic acids is 1. The summed E-state index contributed by atoms with van der Waals surface area (Å²) < 4.78 is 5.34. The Balaban J connectivity index is 2.28. The first-order valence-electron chi connectivity index (χ1n) is 6.24. The number of carbonyl (C=O) groups is 1. The Morgan fingerprint density at radius 3 is 2.39 bits per heavy atom. The zero-order valence-electron chi connectivity index (χ0n) is 11.4. The predicted molar refractivity (Wildman–Crippen MR) is 71.9 cm³/mol. The van der Waals surface area contributed by atoms with Crippen LogP contribution < -0.4 is 5.43 Å². The second-order valence-electron chi connectivity index (χ2n) is 4.49. The zero-order chi connectivity index (χ0) is 13.4. The molecule has 0 aromatic heterocycles. The number of ether oxygens (including phenoxy) is 1. The monoisotopic (exact) mass is 250 g/mol. The van der Waals surface area contributed by atoms with Crippen molar-refractivity contribution < 1.29 is 9.53 Å². The Bertz CT molecular complexity index is 361. The molecule has 1 amide bonds. The van der Waals surface area contributed by atoms with E-state index in [1.165, 1.54) is 5.56 Å². The molecule has 1 aromatic carbocycles. The third kappa shape index (κ3) is 5.80. The van der Waals surface area contributed by atoms with E-state index in [0.29, 0.717) is 6.61 Å². The number of benzene rings is 1. The Morgan fingerprint density at radius 2 is 1.83 bits per heavy atom. The molecular weight excluding hydrogens is 228 g/mol. The lowest BCUT2D eigenvalue weighted by Gasteiger charge is -2.11. The molecule has 0 radical (unpaired) electrons. The molecule has 100 valence electrons. The molecule has 4 nitrogen and oxygen atoms in total. The van der Waals surface area contributed by atoms with Gasteiger partial charge in [-0.15, -0.1) is 0 Å². The molecule has 1 rings (SSSR count). The summed E-state index contributed by atoms with van der Waals surface area (Å²) in [6.45, 7) is 2.71. The Kier molecular flexibility index (Phi) is 6.39. The van der Waals surface area contributed by atoms with Crippen molar-refractivity contribution in [3.05, 3.63) is 35.4 Å². The third-order valence-electron chi connectivity index (χ3n) is 2.41. The van der Waals surface area contributed by atoms with Gasteiger partial charge in [0.25, 0.3) is 5.91 Å². The van der Waals surface area contributed by atoms with E-state index in [0.717, 1.165) is 18.4 Å². The van der Waals surface area contributed by atoms with Gasteiger partial charge in [0.05, 0.1) is 6.61 Å². The maximum absolute atomic E-state index is 11.3. The van der Waals surface area contributed by atoms with Gasteiger partial charge in [0.1, 0.15) is 6.61 Å². The Labute approximate surface area is 109 Å². The molecule has 0 aliphatic carbocycles. The highest BCUT2D eigenvalue weighted by molar-refractivity contribution is 5.76. The summed E-state index contributed by atoms with van der Waals surface area (Å²) in [5.41, 5.74) is 5.05. The van der Waals surface area contributed by atoms with Crippen LogP contribution in [0.4, 0.5) is 0 Å². The van der Waals surface area contributed by atoms with Crippen LogP contribution in [0, 0.1) is 0 Å². The van der Waals surface area contributed by atoms with Gasteiger partial charge in [0.15, 0.2) is 0 Å². The smallest absolute Gasteiger partial charge is 0.260 e. The van der Waals surface area contributed by atoms with E-state index in [4.69, 9.17) is 4.74 Å². The normalized spacial score (nSPS) is 10.7. The van der Waals surface area contributed by atoms with Gasteiger partial charge in [-0.1, -0.05) is 37.6 Å². The maximum atomic E-state index is 11.3. The molecule has 0 heterocycles. The molecule has 0 spiro atoms. The summed E-state index contributed by atoms with van der Waals surface area (Å²) in [5, 5.41) is 1.60. The van der Waals surface area contributed by atoms with Crippen molar-refractivity contribution in [1.29, 1.82) is 0 Å². The fourth-order valence-corrected chi connectivity index (χ4v) is 1.63. The number of hydrogen-bond donors (Lipinski definition) is 1. The molecule has 0 unspecified atom stereocenters. The van der Waals surface area contributed by atoms with Crippen LogP contribution in [0.25, 0.3) is 0 Å². The van der Waals surface area contributed by atoms with E-state index in [2.05, 4.69) is 36.6 Å². The number of nitrogens with one attached hydrogen (secondary N) is 1. The maximum Gasteiger partial charge on any atom is 0.260 e.